The largest absolute Gasteiger partial charge is 0.497 e. The minimum absolute atomic E-state index is 0.00472. The van der Waals surface area contributed by atoms with Crippen molar-refractivity contribution in [3.05, 3.63) is 83.4 Å². The number of hydrogen-bond acceptors (Lipinski definition) is 8. The summed E-state index contributed by atoms with van der Waals surface area (Å²) in [5, 5.41) is 11.7. The summed E-state index contributed by atoms with van der Waals surface area (Å²) in [7, 11) is 1.59. The Bertz CT molecular complexity index is 1450. The van der Waals surface area contributed by atoms with Crippen molar-refractivity contribution < 1.29 is 18.7 Å². The zero-order valence-corrected chi connectivity index (χ0v) is 22.7. The van der Waals surface area contributed by atoms with Crippen LogP contribution in [0.5, 0.6) is 5.75 Å². The van der Waals surface area contributed by atoms with Gasteiger partial charge in [-0.15, -0.1) is 10.2 Å². The Morgan fingerprint density at radius 3 is 2.51 bits per heavy atom. The van der Waals surface area contributed by atoms with Crippen LogP contribution in [-0.4, -0.2) is 66.0 Å². The van der Waals surface area contributed by atoms with E-state index in [1.807, 2.05) is 59.5 Å². The van der Waals surface area contributed by atoms with Crippen LogP contribution >= 0.6 is 23.4 Å². The number of amides is 2. The number of thioether (sulfide) groups is 1. The summed E-state index contributed by atoms with van der Waals surface area (Å²) in [6, 6.07) is 22.1. The van der Waals surface area contributed by atoms with Gasteiger partial charge in [-0.2, -0.15) is 0 Å². The van der Waals surface area contributed by atoms with Gasteiger partial charge in [0.2, 0.25) is 11.8 Å². The summed E-state index contributed by atoms with van der Waals surface area (Å²) in [6.07, 6.45) is 0. The molecule has 0 spiro atoms. The lowest BCUT2D eigenvalue weighted by atomic mass is 10.1. The fraction of sp³-hybridized carbons (Fsp3) is 0.214. The summed E-state index contributed by atoms with van der Waals surface area (Å²) in [4.78, 5) is 29.4. The van der Waals surface area contributed by atoms with E-state index < -0.39 is 0 Å². The van der Waals surface area contributed by atoms with E-state index in [-0.39, 0.29) is 17.6 Å². The molecule has 0 unspecified atom stereocenters. The molecular weight excluding hydrogens is 538 g/mol. The molecule has 1 fully saturated rings. The van der Waals surface area contributed by atoms with Crippen molar-refractivity contribution in [2.24, 2.45) is 0 Å². The van der Waals surface area contributed by atoms with Gasteiger partial charge < -0.3 is 24.3 Å². The van der Waals surface area contributed by atoms with Crippen molar-refractivity contribution in [3.63, 3.8) is 0 Å². The number of rotatable bonds is 8. The Labute approximate surface area is 235 Å². The Kier molecular flexibility index (Phi) is 8.33. The van der Waals surface area contributed by atoms with E-state index in [0.717, 1.165) is 30.5 Å². The van der Waals surface area contributed by atoms with Crippen molar-refractivity contribution in [3.8, 4) is 17.2 Å². The third-order valence-electron chi connectivity index (χ3n) is 6.24. The molecular formula is C28H26ClN5O4S. The normalized spacial score (nSPS) is 13.3. The fourth-order valence-corrected chi connectivity index (χ4v) is 4.98. The number of nitrogens with one attached hydrogen (secondary N) is 1. The molecule has 0 atom stereocenters. The number of nitrogens with zero attached hydrogens (tertiary/aromatic N) is 4. The maximum absolute atomic E-state index is 12.9. The Morgan fingerprint density at radius 2 is 1.77 bits per heavy atom. The van der Waals surface area contributed by atoms with Crippen LogP contribution in [0.4, 0.5) is 11.4 Å². The number of carbonyl (C=O) groups excluding carboxylic acids is 2. The Hall–Kier alpha value is -4.02. The average molecular weight is 564 g/mol. The number of anilines is 2. The second kappa shape index (κ2) is 12.2. The highest BCUT2D eigenvalue weighted by Gasteiger charge is 2.23. The van der Waals surface area contributed by atoms with Gasteiger partial charge in [0.1, 0.15) is 5.75 Å². The van der Waals surface area contributed by atoms with E-state index >= 15 is 0 Å². The average Bonchev–Trinajstić information content (AvgIpc) is 3.45. The number of ether oxygens (including phenoxy) is 1. The highest BCUT2D eigenvalue weighted by molar-refractivity contribution is 7.99. The van der Waals surface area contributed by atoms with Crippen molar-refractivity contribution in [1.82, 2.24) is 15.1 Å². The predicted octanol–water partition coefficient (Wildman–Crippen LogP) is 5.09. The first-order chi connectivity index (χ1) is 19.0. The minimum Gasteiger partial charge on any atom is -0.497 e. The number of halogens is 1. The van der Waals surface area contributed by atoms with Crippen molar-refractivity contribution in [2.75, 3.05) is 49.3 Å². The first-order valence-electron chi connectivity index (χ1n) is 12.3. The molecule has 1 aliphatic heterocycles. The van der Waals surface area contributed by atoms with E-state index in [4.69, 9.17) is 20.8 Å². The van der Waals surface area contributed by atoms with Crippen LogP contribution < -0.4 is 15.0 Å². The van der Waals surface area contributed by atoms with E-state index in [0.29, 0.717) is 51.8 Å². The molecule has 0 aliphatic carbocycles. The van der Waals surface area contributed by atoms with Crippen LogP contribution in [0, 0.1) is 0 Å². The second-order valence-electron chi connectivity index (χ2n) is 8.75. The molecule has 200 valence electrons. The van der Waals surface area contributed by atoms with Crippen LogP contribution in [0.1, 0.15) is 10.4 Å². The summed E-state index contributed by atoms with van der Waals surface area (Å²) in [6.45, 7) is 2.69. The lowest BCUT2D eigenvalue weighted by Gasteiger charge is -2.36. The van der Waals surface area contributed by atoms with Crippen LogP contribution in [0.3, 0.4) is 0 Å². The van der Waals surface area contributed by atoms with E-state index in [1.54, 1.807) is 25.3 Å². The maximum Gasteiger partial charge on any atom is 0.277 e. The van der Waals surface area contributed by atoms with Gasteiger partial charge in [-0.25, -0.2) is 0 Å². The minimum atomic E-state index is -0.185. The quantitative estimate of drug-likeness (QED) is 0.296. The van der Waals surface area contributed by atoms with E-state index in [9.17, 15) is 9.59 Å². The first kappa shape index (κ1) is 26.6. The van der Waals surface area contributed by atoms with Crippen molar-refractivity contribution in [1.29, 1.82) is 0 Å². The van der Waals surface area contributed by atoms with E-state index in [1.165, 1.54) is 0 Å². The Morgan fingerprint density at radius 1 is 1.00 bits per heavy atom. The molecule has 9 nitrogen and oxygen atoms in total. The molecule has 1 N–H and O–H groups in total. The van der Waals surface area contributed by atoms with Gasteiger partial charge in [-0.1, -0.05) is 41.6 Å². The molecule has 0 bridgehead atoms. The van der Waals surface area contributed by atoms with Crippen molar-refractivity contribution in [2.45, 2.75) is 5.22 Å². The number of hydrogen-bond donors (Lipinski definition) is 1. The van der Waals surface area contributed by atoms with Crippen LogP contribution in [-0.2, 0) is 4.79 Å². The summed E-state index contributed by atoms with van der Waals surface area (Å²) in [5.74, 6) is 0.918. The fourth-order valence-electron chi connectivity index (χ4n) is 4.20. The van der Waals surface area contributed by atoms with Gasteiger partial charge in [0, 0.05) is 43.1 Å². The molecule has 2 amide bonds. The van der Waals surface area contributed by atoms with Gasteiger partial charge in [-0.05, 0) is 54.6 Å². The molecule has 4 aromatic rings. The van der Waals surface area contributed by atoms with Crippen LogP contribution in [0.25, 0.3) is 11.5 Å². The Balaban J connectivity index is 1.09. The molecule has 2 heterocycles. The third-order valence-corrected chi connectivity index (χ3v) is 7.39. The van der Waals surface area contributed by atoms with E-state index in [2.05, 4.69) is 20.4 Å². The highest BCUT2D eigenvalue weighted by Crippen LogP contribution is 2.29. The number of aromatic nitrogens is 2. The summed E-state index contributed by atoms with van der Waals surface area (Å²) < 4.78 is 10.9. The van der Waals surface area contributed by atoms with Gasteiger partial charge in [-0.3, -0.25) is 9.59 Å². The molecule has 5 rings (SSSR count). The molecule has 1 saturated heterocycles. The lowest BCUT2D eigenvalue weighted by Crippen LogP contribution is -2.48. The molecule has 11 heteroatoms. The zero-order chi connectivity index (χ0) is 27.2. The standard InChI is InChI=1S/C28H26ClN5O4S/c1-37-22-6-4-5-19(17-22)27(36)34-15-13-33(14-16-34)21-11-9-20(10-12-21)30-25(35)18-39-28-32-31-26(38-28)23-7-2-3-8-24(23)29/h2-12,17H,13-16,18H2,1H3,(H,30,35). The number of piperazine rings is 1. The monoisotopic (exact) mass is 563 g/mol. The molecule has 1 aromatic heterocycles. The number of carbonyl (C=O) groups is 2. The second-order valence-corrected chi connectivity index (χ2v) is 10.1. The zero-order valence-electron chi connectivity index (χ0n) is 21.2. The molecule has 1 aliphatic rings. The predicted molar refractivity (Wildman–Crippen MR) is 152 cm³/mol. The maximum atomic E-state index is 12.9. The summed E-state index contributed by atoms with van der Waals surface area (Å²) in [5.41, 5.74) is 3.00. The van der Waals surface area contributed by atoms with Gasteiger partial charge in [0.25, 0.3) is 11.1 Å². The molecule has 0 radical (unpaired) electrons. The van der Waals surface area contributed by atoms with Crippen LogP contribution in [0.15, 0.2) is 82.4 Å². The summed E-state index contributed by atoms with van der Waals surface area (Å²) >= 11 is 7.33. The molecule has 0 saturated carbocycles. The lowest BCUT2D eigenvalue weighted by molar-refractivity contribution is -0.113. The van der Waals surface area contributed by atoms with Gasteiger partial charge in [0.05, 0.1) is 23.4 Å². The smallest absolute Gasteiger partial charge is 0.277 e. The number of benzene rings is 3. The molecule has 39 heavy (non-hydrogen) atoms. The molecule has 3 aromatic carbocycles. The van der Waals surface area contributed by atoms with Crippen LogP contribution in [0.2, 0.25) is 5.02 Å². The van der Waals surface area contributed by atoms with Gasteiger partial charge in [0.15, 0.2) is 0 Å². The third kappa shape index (κ3) is 6.52. The highest BCUT2D eigenvalue weighted by atomic mass is 35.5. The number of methoxy groups -OCH3 is 1. The van der Waals surface area contributed by atoms with Crippen molar-refractivity contribution >= 4 is 46.6 Å². The first-order valence-corrected chi connectivity index (χ1v) is 13.7. The van der Waals surface area contributed by atoms with Gasteiger partial charge >= 0.3 is 0 Å². The topological polar surface area (TPSA) is 101 Å². The SMILES string of the molecule is COc1cccc(C(=O)N2CCN(c3ccc(NC(=O)CSc4nnc(-c5ccccc5Cl)o4)cc3)CC2)c1.